The number of carbonyl (C=O) groups is 1. The Kier molecular flexibility index (Phi) is 3.69. The van der Waals surface area contributed by atoms with E-state index in [2.05, 4.69) is 27.7 Å². The lowest BCUT2D eigenvalue weighted by atomic mass is 10.1. The monoisotopic (exact) mass is 261 g/mol. The number of fused-ring (bicyclic) bond motifs is 1. The quantitative estimate of drug-likeness (QED) is 0.858. The molecule has 2 rings (SSSR count). The maximum absolute atomic E-state index is 12.3. The van der Waals surface area contributed by atoms with E-state index >= 15 is 0 Å². The van der Waals surface area contributed by atoms with Gasteiger partial charge in [0.2, 0.25) is 5.91 Å². The number of hydrogen-bond acceptors (Lipinski definition) is 3. The van der Waals surface area contributed by atoms with Crippen LogP contribution in [0, 0.1) is 0 Å². The molecule has 0 saturated carbocycles. The molecule has 1 unspecified atom stereocenters. The summed E-state index contributed by atoms with van der Waals surface area (Å²) >= 11 is 0. The van der Waals surface area contributed by atoms with Crippen molar-refractivity contribution >= 4 is 17.3 Å². The minimum Gasteiger partial charge on any atom is -0.382 e. The first kappa shape index (κ1) is 13.7. The van der Waals surface area contributed by atoms with Gasteiger partial charge in [-0.25, -0.2) is 0 Å². The average Bonchev–Trinajstić information content (AvgIpc) is 2.35. The largest absolute Gasteiger partial charge is 0.382 e. The Bertz CT molecular complexity index is 465. The molecular weight excluding hydrogens is 238 g/mol. The van der Waals surface area contributed by atoms with Crippen LogP contribution in [0.4, 0.5) is 11.4 Å². The highest BCUT2D eigenvalue weighted by atomic mass is 16.2. The third-order valence-electron chi connectivity index (χ3n) is 3.23. The summed E-state index contributed by atoms with van der Waals surface area (Å²) in [6, 6.07) is 7.96. The molecule has 1 amide bonds. The fraction of sp³-hybridized carbons (Fsp3) is 0.533. The van der Waals surface area contributed by atoms with E-state index in [1.165, 1.54) is 0 Å². The second-order valence-electron chi connectivity index (χ2n) is 6.05. The van der Waals surface area contributed by atoms with Gasteiger partial charge in [-0.05, 0) is 39.8 Å². The van der Waals surface area contributed by atoms with Gasteiger partial charge in [-0.2, -0.15) is 0 Å². The molecular formula is C15H23N3O. The molecule has 104 valence electrons. The predicted octanol–water partition coefficient (Wildman–Crippen LogP) is 2.22. The number of carbonyl (C=O) groups excluding carboxylic acids is 1. The summed E-state index contributed by atoms with van der Waals surface area (Å²) < 4.78 is 0. The Labute approximate surface area is 115 Å². The van der Waals surface area contributed by atoms with Crippen molar-refractivity contribution in [1.29, 1.82) is 0 Å². The Morgan fingerprint density at radius 1 is 1.37 bits per heavy atom. The SMILES string of the molecule is CC(C(=O)NC(C)(C)C)N1CCNc2ccccc21. The smallest absolute Gasteiger partial charge is 0.242 e. The Morgan fingerprint density at radius 3 is 2.74 bits per heavy atom. The van der Waals surface area contributed by atoms with Crippen LogP contribution in [0.1, 0.15) is 27.7 Å². The molecule has 0 aromatic heterocycles. The minimum atomic E-state index is -0.196. The van der Waals surface area contributed by atoms with E-state index < -0.39 is 0 Å². The van der Waals surface area contributed by atoms with Gasteiger partial charge in [-0.15, -0.1) is 0 Å². The average molecular weight is 261 g/mol. The van der Waals surface area contributed by atoms with Crippen LogP contribution in [-0.2, 0) is 4.79 Å². The summed E-state index contributed by atoms with van der Waals surface area (Å²) in [5, 5.41) is 6.41. The van der Waals surface area contributed by atoms with E-state index in [4.69, 9.17) is 0 Å². The molecule has 1 aromatic carbocycles. The molecule has 1 aliphatic rings. The summed E-state index contributed by atoms with van der Waals surface area (Å²) in [7, 11) is 0. The lowest BCUT2D eigenvalue weighted by Gasteiger charge is -2.37. The Balaban J connectivity index is 2.17. The Morgan fingerprint density at radius 2 is 2.05 bits per heavy atom. The zero-order valence-electron chi connectivity index (χ0n) is 12.2. The molecule has 0 saturated heterocycles. The maximum atomic E-state index is 12.3. The molecule has 0 spiro atoms. The molecule has 0 aliphatic carbocycles. The van der Waals surface area contributed by atoms with Crippen LogP contribution in [0.3, 0.4) is 0 Å². The van der Waals surface area contributed by atoms with Crippen molar-refractivity contribution < 1.29 is 4.79 Å². The van der Waals surface area contributed by atoms with Crippen molar-refractivity contribution in [3.05, 3.63) is 24.3 Å². The lowest BCUT2D eigenvalue weighted by Crippen LogP contribution is -2.53. The van der Waals surface area contributed by atoms with Gasteiger partial charge in [0.15, 0.2) is 0 Å². The van der Waals surface area contributed by atoms with Gasteiger partial charge < -0.3 is 15.5 Å². The van der Waals surface area contributed by atoms with Crippen molar-refractivity contribution in [2.24, 2.45) is 0 Å². The van der Waals surface area contributed by atoms with Crippen LogP contribution in [-0.4, -0.2) is 30.6 Å². The zero-order chi connectivity index (χ0) is 14.0. The van der Waals surface area contributed by atoms with Crippen molar-refractivity contribution in [1.82, 2.24) is 5.32 Å². The topological polar surface area (TPSA) is 44.4 Å². The predicted molar refractivity (Wildman–Crippen MR) is 79.6 cm³/mol. The van der Waals surface area contributed by atoms with E-state index in [-0.39, 0.29) is 17.5 Å². The zero-order valence-corrected chi connectivity index (χ0v) is 12.2. The van der Waals surface area contributed by atoms with Gasteiger partial charge in [0, 0.05) is 18.6 Å². The van der Waals surface area contributed by atoms with Crippen LogP contribution < -0.4 is 15.5 Å². The summed E-state index contributed by atoms with van der Waals surface area (Å²) in [5.74, 6) is 0.0733. The second-order valence-corrected chi connectivity index (χ2v) is 6.05. The Hall–Kier alpha value is -1.71. The first-order chi connectivity index (χ1) is 8.88. The fourth-order valence-corrected chi connectivity index (χ4v) is 2.32. The minimum absolute atomic E-state index is 0.0733. The molecule has 1 aliphatic heterocycles. The fourth-order valence-electron chi connectivity index (χ4n) is 2.32. The molecule has 4 nitrogen and oxygen atoms in total. The van der Waals surface area contributed by atoms with Crippen LogP contribution in [0.25, 0.3) is 0 Å². The second kappa shape index (κ2) is 5.11. The molecule has 0 fully saturated rings. The number of rotatable bonds is 2. The molecule has 1 heterocycles. The van der Waals surface area contributed by atoms with Gasteiger partial charge in [0.1, 0.15) is 6.04 Å². The lowest BCUT2D eigenvalue weighted by molar-refractivity contribution is -0.123. The number of benzene rings is 1. The van der Waals surface area contributed by atoms with Crippen molar-refractivity contribution in [3.8, 4) is 0 Å². The van der Waals surface area contributed by atoms with Gasteiger partial charge in [-0.3, -0.25) is 4.79 Å². The van der Waals surface area contributed by atoms with Crippen molar-refractivity contribution in [3.63, 3.8) is 0 Å². The van der Waals surface area contributed by atoms with Crippen LogP contribution in [0.15, 0.2) is 24.3 Å². The van der Waals surface area contributed by atoms with E-state index in [1.54, 1.807) is 0 Å². The number of para-hydroxylation sites is 2. The molecule has 0 radical (unpaired) electrons. The summed E-state index contributed by atoms with van der Waals surface area (Å²) in [5.41, 5.74) is 2.01. The molecule has 0 bridgehead atoms. The van der Waals surface area contributed by atoms with E-state index in [0.717, 1.165) is 24.5 Å². The third-order valence-corrected chi connectivity index (χ3v) is 3.23. The van der Waals surface area contributed by atoms with E-state index in [1.807, 2.05) is 39.8 Å². The number of amides is 1. The normalized spacial score (nSPS) is 16.3. The number of anilines is 2. The summed E-state index contributed by atoms with van der Waals surface area (Å²) in [6.07, 6.45) is 0. The molecule has 1 atom stereocenters. The number of nitrogens with zero attached hydrogens (tertiary/aromatic N) is 1. The maximum Gasteiger partial charge on any atom is 0.242 e. The summed E-state index contributed by atoms with van der Waals surface area (Å²) in [6.45, 7) is 9.68. The first-order valence-electron chi connectivity index (χ1n) is 6.80. The highest BCUT2D eigenvalue weighted by Crippen LogP contribution is 2.29. The van der Waals surface area contributed by atoms with Crippen molar-refractivity contribution in [2.75, 3.05) is 23.3 Å². The molecule has 1 aromatic rings. The third kappa shape index (κ3) is 3.19. The van der Waals surface area contributed by atoms with Crippen molar-refractivity contribution in [2.45, 2.75) is 39.3 Å². The molecule has 4 heteroatoms. The van der Waals surface area contributed by atoms with E-state index in [0.29, 0.717) is 0 Å². The highest BCUT2D eigenvalue weighted by molar-refractivity contribution is 5.87. The van der Waals surface area contributed by atoms with Crippen LogP contribution in [0.5, 0.6) is 0 Å². The van der Waals surface area contributed by atoms with Crippen LogP contribution >= 0.6 is 0 Å². The van der Waals surface area contributed by atoms with Gasteiger partial charge in [0.05, 0.1) is 11.4 Å². The van der Waals surface area contributed by atoms with Gasteiger partial charge in [0.25, 0.3) is 0 Å². The van der Waals surface area contributed by atoms with Crippen LogP contribution in [0.2, 0.25) is 0 Å². The molecule has 2 N–H and O–H groups in total. The number of nitrogens with one attached hydrogen (secondary N) is 2. The van der Waals surface area contributed by atoms with E-state index in [9.17, 15) is 4.79 Å². The highest BCUT2D eigenvalue weighted by Gasteiger charge is 2.27. The number of hydrogen-bond donors (Lipinski definition) is 2. The summed E-state index contributed by atoms with van der Waals surface area (Å²) in [4.78, 5) is 14.5. The first-order valence-corrected chi connectivity index (χ1v) is 6.80. The standard InChI is InChI=1S/C15H23N3O/c1-11(14(19)17-15(2,3)4)18-10-9-16-12-7-5-6-8-13(12)18/h5-8,11,16H,9-10H2,1-4H3,(H,17,19). The molecule has 19 heavy (non-hydrogen) atoms. The van der Waals surface area contributed by atoms with Gasteiger partial charge >= 0.3 is 0 Å². The van der Waals surface area contributed by atoms with Gasteiger partial charge in [-0.1, -0.05) is 12.1 Å².